The molecule has 4 nitrogen and oxygen atoms in total. The first-order chi connectivity index (χ1) is 6.69. The van der Waals surface area contributed by atoms with E-state index in [9.17, 15) is 4.79 Å². The summed E-state index contributed by atoms with van der Waals surface area (Å²) in [5.74, 6) is -0.350. The van der Waals surface area contributed by atoms with Crippen LogP contribution in [0.1, 0.15) is 27.0 Å². The fourth-order valence-electron chi connectivity index (χ4n) is 1.04. The maximum Gasteiger partial charge on any atom is 0.348 e. The second-order valence-electron chi connectivity index (χ2n) is 2.81. The summed E-state index contributed by atoms with van der Waals surface area (Å²) in [6, 6.07) is 3.27. The Bertz CT molecular complexity index is 311. The number of rotatable bonds is 4. The summed E-state index contributed by atoms with van der Waals surface area (Å²) in [5.41, 5.74) is 5.76. The van der Waals surface area contributed by atoms with Gasteiger partial charge < -0.3 is 15.6 Å². The fourth-order valence-corrected chi connectivity index (χ4v) is 2.01. The van der Waals surface area contributed by atoms with E-state index >= 15 is 0 Å². The van der Waals surface area contributed by atoms with Crippen molar-refractivity contribution in [2.24, 2.45) is 5.73 Å². The smallest absolute Gasteiger partial charge is 0.348 e. The lowest BCUT2D eigenvalue weighted by molar-refractivity contribution is 0.0606. The van der Waals surface area contributed by atoms with Gasteiger partial charge in [0.1, 0.15) is 4.88 Å². The molecular formula is C9H13NO3S. The van der Waals surface area contributed by atoms with Gasteiger partial charge in [0.25, 0.3) is 0 Å². The molecule has 0 aliphatic heterocycles. The van der Waals surface area contributed by atoms with Crippen LogP contribution in [0.5, 0.6) is 0 Å². The van der Waals surface area contributed by atoms with Gasteiger partial charge in [0, 0.05) is 17.5 Å². The number of carbonyl (C=O) groups is 1. The third kappa shape index (κ3) is 2.54. The van der Waals surface area contributed by atoms with E-state index in [1.165, 1.54) is 18.4 Å². The summed E-state index contributed by atoms with van der Waals surface area (Å²) >= 11 is 1.30. The predicted octanol–water partition coefficient (Wildman–Crippen LogP) is 0.917. The monoisotopic (exact) mass is 215 g/mol. The Balaban J connectivity index is 2.72. The number of carbonyl (C=O) groups excluding carboxylic acids is 1. The molecule has 1 rings (SSSR count). The minimum Gasteiger partial charge on any atom is -0.465 e. The van der Waals surface area contributed by atoms with Crippen molar-refractivity contribution in [2.45, 2.75) is 12.5 Å². The third-order valence-corrected chi connectivity index (χ3v) is 3.02. The normalized spacial score (nSPS) is 12.5. The van der Waals surface area contributed by atoms with Gasteiger partial charge in [0.05, 0.1) is 7.11 Å². The number of ether oxygens (including phenoxy) is 1. The van der Waals surface area contributed by atoms with E-state index in [-0.39, 0.29) is 18.6 Å². The van der Waals surface area contributed by atoms with Crippen LogP contribution < -0.4 is 5.73 Å². The van der Waals surface area contributed by atoms with Crippen molar-refractivity contribution < 1.29 is 14.6 Å². The first-order valence-electron chi connectivity index (χ1n) is 4.23. The highest BCUT2D eigenvalue weighted by atomic mass is 32.1. The fraction of sp³-hybridized carbons (Fsp3) is 0.444. The summed E-state index contributed by atoms with van der Waals surface area (Å²) in [6.07, 6.45) is 0.501. The van der Waals surface area contributed by atoms with E-state index in [0.29, 0.717) is 11.3 Å². The molecule has 0 aliphatic rings. The lowest BCUT2D eigenvalue weighted by Gasteiger charge is -2.05. The van der Waals surface area contributed by atoms with Crippen LogP contribution in [0, 0.1) is 0 Å². The zero-order valence-electron chi connectivity index (χ0n) is 7.90. The van der Waals surface area contributed by atoms with Crippen LogP contribution in [0.2, 0.25) is 0 Å². The molecule has 1 aromatic heterocycles. The van der Waals surface area contributed by atoms with E-state index in [0.717, 1.165) is 4.88 Å². The Labute approximate surface area is 86.3 Å². The summed E-state index contributed by atoms with van der Waals surface area (Å²) in [4.78, 5) is 12.5. The van der Waals surface area contributed by atoms with Crippen molar-refractivity contribution in [3.63, 3.8) is 0 Å². The zero-order valence-corrected chi connectivity index (χ0v) is 8.71. The molecule has 78 valence electrons. The zero-order chi connectivity index (χ0) is 10.6. The second kappa shape index (κ2) is 5.09. The molecule has 0 radical (unpaired) electrons. The molecule has 0 aromatic carbocycles. The Morgan fingerprint density at radius 1 is 1.71 bits per heavy atom. The molecule has 3 N–H and O–H groups in total. The van der Waals surface area contributed by atoms with E-state index in [1.807, 2.05) is 0 Å². The first kappa shape index (κ1) is 11.2. The van der Waals surface area contributed by atoms with Crippen molar-refractivity contribution in [3.05, 3.63) is 21.9 Å². The van der Waals surface area contributed by atoms with Gasteiger partial charge in [-0.1, -0.05) is 0 Å². The molecule has 0 spiro atoms. The highest BCUT2D eigenvalue weighted by Crippen LogP contribution is 2.24. The molecule has 14 heavy (non-hydrogen) atoms. The van der Waals surface area contributed by atoms with Gasteiger partial charge in [-0.3, -0.25) is 0 Å². The van der Waals surface area contributed by atoms with E-state index in [4.69, 9.17) is 10.8 Å². The quantitative estimate of drug-likeness (QED) is 0.732. The summed E-state index contributed by atoms with van der Waals surface area (Å²) in [7, 11) is 1.34. The van der Waals surface area contributed by atoms with Crippen LogP contribution in [-0.2, 0) is 4.74 Å². The second-order valence-corrected chi connectivity index (χ2v) is 3.93. The molecule has 0 fully saturated rings. The van der Waals surface area contributed by atoms with Crippen LogP contribution in [-0.4, -0.2) is 24.8 Å². The van der Waals surface area contributed by atoms with Crippen molar-refractivity contribution >= 4 is 17.3 Å². The maximum atomic E-state index is 11.1. The number of aliphatic hydroxyl groups excluding tert-OH is 1. The van der Waals surface area contributed by atoms with Gasteiger partial charge in [-0.15, -0.1) is 11.3 Å². The van der Waals surface area contributed by atoms with Crippen LogP contribution in [0.25, 0.3) is 0 Å². The lowest BCUT2D eigenvalue weighted by atomic mass is 10.2. The van der Waals surface area contributed by atoms with Crippen LogP contribution in [0.3, 0.4) is 0 Å². The summed E-state index contributed by atoms with van der Waals surface area (Å²) in [5, 5.41) is 8.69. The van der Waals surface area contributed by atoms with Crippen molar-refractivity contribution in [3.8, 4) is 0 Å². The van der Waals surface area contributed by atoms with Gasteiger partial charge in [-0.05, 0) is 18.6 Å². The minimum atomic E-state index is -0.350. The van der Waals surface area contributed by atoms with E-state index in [1.54, 1.807) is 12.1 Å². The van der Waals surface area contributed by atoms with Gasteiger partial charge >= 0.3 is 5.97 Å². The standard InChI is InChI=1S/C9H13NO3S/c1-13-9(12)8-3-2-7(14-8)6(10)4-5-11/h2-3,6,11H,4-5,10H2,1H3. The summed E-state index contributed by atoms with van der Waals surface area (Å²) < 4.78 is 4.57. The van der Waals surface area contributed by atoms with Crippen molar-refractivity contribution in [1.82, 2.24) is 0 Å². The molecule has 0 bridgehead atoms. The average Bonchev–Trinajstić information content (AvgIpc) is 2.66. The largest absolute Gasteiger partial charge is 0.465 e. The number of thiophene rings is 1. The van der Waals surface area contributed by atoms with Gasteiger partial charge in [-0.25, -0.2) is 4.79 Å². The molecule has 1 aromatic rings. The lowest BCUT2D eigenvalue weighted by Crippen LogP contribution is -2.09. The topological polar surface area (TPSA) is 72.5 Å². The number of methoxy groups -OCH3 is 1. The number of aliphatic hydroxyl groups is 1. The van der Waals surface area contributed by atoms with E-state index in [2.05, 4.69) is 4.74 Å². The predicted molar refractivity (Wildman–Crippen MR) is 54.3 cm³/mol. The Morgan fingerprint density at radius 2 is 2.43 bits per heavy atom. The minimum absolute atomic E-state index is 0.0482. The number of hydrogen-bond donors (Lipinski definition) is 2. The molecule has 1 heterocycles. The third-order valence-electron chi connectivity index (χ3n) is 1.82. The molecule has 0 saturated heterocycles. The molecular weight excluding hydrogens is 202 g/mol. The highest BCUT2D eigenvalue weighted by Gasteiger charge is 2.12. The first-order valence-corrected chi connectivity index (χ1v) is 5.05. The number of esters is 1. The molecule has 5 heteroatoms. The van der Waals surface area contributed by atoms with E-state index < -0.39 is 0 Å². The number of hydrogen-bond acceptors (Lipinski definition) is 5. The highest BCUT2D eigenvalue weighted by molar-refractivity contribution is 7.14. The van der Waals surface area contributed by atoms with Gasteiger partial charge in [0.2, 0.25) is 0 Å². The van der Waals surface area contributed by atoms with Crippen LogP contribution in [0.15, 0.2) is 12.1 Å². The molecule has 1 unspecified atom stereocenters. The van der Waals surface area contributed by atoms with Crippen molar-refractivity contribution in [1.29, 1.82) is 0 Å². The SMILES string of the molecule is COC(=O)c1ccc(C(N)CCO)s1. The average molecular weight is 215 g/mol. The number of nitrogens with two attached hydrogens (primary N) is 1. The molecule has 1 atom stereocenters. The van der Waals surface area contributed by atoms with Gasteiger partial charge in [-0.2, -0.15) is 0 Å². The van der Waals surface area contributed by atoms with Crippen molar-refractivity contribution in [2.75, 3.05) is 13.7 Å². The Hall–Kier alpha value is -0.910. The molecule has 0 amide bonds. The van der Waals surface area contributed by atoms with Crippen LogP contribution >= 0.6 is 11.3 Å². The molecule has 0 saturated carbocycles. The van der Waals surface area contributed by atoms with Gasteiger partial charge in [0.15, 0.2) is 0 Å². The Kier molecular flexibility index (Phi) is 4.06. The maximum absolute atomic E-state index is 11.1. The molecule has 0 aliphatic carbocycles. The van der Waals surface area contributed by atoms with Crippen LogP contribution in [0.4, 0.5) is 0 Å². The Morgan fingerprint density at radius 3 is 3.00 bits per heavy atom. The summed E-state index contributed by atoms with van der Waals surface area (Å²) in [6.45, 7) is 0.0482.